The average molecular weight is 593 g/mol. The standard InChI is InChI=1S/C34H40O9/c1-35-26-17-24(18-27(36-2)33(26)42-21-23-11-6-5-7-12-23)13-10-16-40-32(30-22-41-30)25-19-28(37-3)34(29(20-25)38-4)43-31-14-8-9-15-39-31/h5-7,10-13,17-20,30-32H,8-9,14-16,21-22H2,1-4H3/b13-10+/t30-,31?,32-/m1/s1. The third-order valence-corrected chi connectivity index (χ3v) is 7.29. The maximum absolute atomic E-state index is 6.31. The molecule has 0 bridgehead atoms. The van der Waals surface area contributed by atoms with Gasteiger partial charge in [-0.2, -0.15) is 0 Å². The zero-order valence-corrected chi connectivity index (χ0v) is 25.2. The van der Waals surface area contributed by atoms with Crippen LogP contribution < -0.4 is 28.4 Å². The van der Waals surface area contributed by atoms with Crippen LogP contribution in [0.25, 0.3) is 6.08 Å². The number of hydrogen-bond acceptors (Lipinski definition) is 9. The van der Waals surface area contributed by atoms with Crippen molar-refractivity contribution in [2.45, 2.75) is 44.4 Å². The van der Waals surface area contributed by atoms with Crippen LogP contribution in [0.5, 0.6) is 34.5 Å². The van der Waals surface area contributed by atoms with Gasteiger partial charge in [0.2, 0.25) is 11.5 Å². The fourth-order valence-electron chi connectivity index (χ4n) is 4.98. The van der Waals surface area contributed by atoms with Gasteiger partial charge in [-0.05, 0) is 53.8 Å². The fraction of sp³-hybridized carbons (Fsp3) is 0.412. The highest BCUT2D eigenvalue weighted by molar-refractivity contribution is 5.62. The van der Waals surface area contributed by atoms with Gasteiger partial charge in [0.1, 0.15) is 18.8 Å². The summed E-state index contributed by atoms with van der Waals surface area (Å²) in [6.07, 6.45) is 6.12. The summed E-state index contributed by atoms with van der Waals surface area (Å²) in [6.45, 7) is 2.05. The molecular formula is C34H40O9. The monoisotopic (exact) mass is 592 g/mol. The molecule has 3 atom stereocenters. The van der Waals surface area contributed by atoms with Gasteiger partial charge in [0, 0.05) is 6.42 Å². The molecule has 9 heteroatoms. The third-order valence-electron chi connectivity index (χ3n) is 7.29. The molecule has 5 rings (SSSR count). The molecule has 1 unspecified atom stereocenters. The molecule has 0 radical (unpaired) electrons. The Labute approximate surface area is 253 Å². The third kappa shape index (κ3) is 7.93. The molecule has 0 N–H and O–H groups in total. The summed E-state index contributed by atoms with van der Waals surface area (Å²) in [5, 5.41) is 0. The van der Waals surface area contributed by atoms with Crippen molar-refractivity contribution < 1.29 is 42.6 Å². The van der Waals surface area contributed by atoms with Crippen LogP contribution >= 0.6 is 0 Å². The second-order valence-electron chi connectivity index (χ2n) is 10.2. The van der Waals surface area contributed by atoms with Crippen molar-refractivity contribution in [2.75, 3.05) is 48.3 Å². The van der Waals surface area contributed by atoms with Crippen molar-refractivity contribution in [2.24, 2.45) is 0 Å². The van der Waals surface area contributed by atoms with Crippen molar-refractivity contribution >= 4 is 6.08 Å². The highest BCUT2D eigenvalue weighted by atomic mass is 16.7. The molecule has 3 aromatic rings. The van der Waals surface area contributed by atoms with Crippen LogP contribution in [0.4, 0.5) is 0 Å². The normalized spacial score (nSPS) is 18.6. The van der Waals surface area contributed by atoms with Crippen LogP contribution in [0.2, 0.25) is 0 Å². The largest absolute Gasteiger partial charge is 0.493 e. The molecule has 2 fully saturated rings. The molecular weight excluding hydrogens is 552 g/mol. The molecule has 0 spiro atoms. The molecule has 0 amide bonds. The Bertz CT molecular complexity index is 1300. The van der Waals surface area contributed by atoms with E-state index in [1.165, 1.54) is 0 Å². The first-order valence-corrected chi connectivity index (χ1v) is 14.5. The molecule has 0 saturated carbocycles. The molecule has 0 aromatic heterocycles. The Morgan fingerprint density at radius 2 is 1.47 bits per heavy atom. The predicted octanol–water partition coefficient (Wildman–Crippen LogP) is 6.38. The van der Waals surface area contributed by atoms with Crippen LogP contribution in [-0.2, 0) is 20.8 Å². The number of epoxide rings is 1. The van der Waals surface area contributed by atoms with Crippen LogP contribution in [0.15, 0.2) is 60.7 Å². The summed E-state index contributed by atoms with van der Waals surface area (Å²) >= 11 is 0. The Morgan fingerprint density at radius 3 is 2.05 bits per heavy atom. The molecule has 2 heterocycles. The van der Waals surface area contributed by atoms with Crippen molar-refractivity contribution in [3.8, 4) is 34.5 Å². The average Bonchev–Trinajstić information content (AvgIpc) is 3.90. The van der Waals surface area contributed by atoms with E-state index in [4.69, 9.17) is 42.6 Å². The summed E-state index contributed by atoms with van der Waals surface area (Å²) in [5.41, 5.74) is 2.82. The van der Waals surface area contributed by atoms with Gasteiger partial charge in [0.25, 0.3) is 0 Å². The van der Waals surface area contributed by atoms with Gasteiger partial charge in [-0.15, -0.1) is 0 Å². The fourth-order valence-corrected chi connectivity index (χ4v) is 4.98. The smallest absolute Gasteiger partial charge is 0.206 e. The maximum Gasteiger partial charge on any atom is 0.206 e. The Morgan fingerprint density at radius 1 is 0.814 bits per heavy atom. The van der Waals surface area contributed by atoms with E-state index in [0.717, 1.165) is 36.0 Å². The van der Waals surface area contributed by atoms with E-state index in [9.17, 15) is 0 Å². The van der Waals surface area contributed by atoms with E-state index in [1.807, 2.05) is 66.7 Å². The topological polar surface area (TPSA) is 86.4 Å². The maximum atomic E-state index is 6.31. The number of methoxy groups -OCH3 is 4. The van der Waals surface area contributed by atoms with Crippen molar-refractivity contribution in [3.63, 3.8) is 0 Å². The quantitative estimate of drug-likeness (QED) is 0.187. The summed E-state index contributed by atoms with van der Waals surface area (Å²) in [7, 11) is 6.45. The van der Waals surface area contributed by atoms with Gasteiger partial charge < -0.3 is 42.6 Å². The van der Waals surface area contributed by atoms with Gasteiger partial charge >= 0.3 is 0 Å². The number of ether oxygens (including phenoxy) is 9. The SMILES string of the molecule is COc1cc(/C=C/CO[C@H](c2cc(OC)c(OC3CCCCO3)c(OC)c2)[C@H]2CO2)cc(OC)c1OCc1ccccc1. The molecule has 9 nitrogen and oxygen atoms in total. The minimum absolute atomic E-state index is 0.0579. The Hall–Kier alpha value is -3.92. The van der Waals surface area contributed by atoms with E-state index in [1.54, 1.807) is 28.4 Å². The van der Waals surface area contributed by atoms with Crippen LogP contribution in [0.1, 0.15) is 42.1 Å². The molecule has 2 aliphatic rings. The van der Waals surface area contributed by atoms with Crippen molar-refractivity contribution in [3.05, 3.63) is 77.4 Å². The predicted molar refractivity (Wildman–Crippen MR) is 162 cm³/mol. The summed E-state index contributed by atoms with van der Waals surface area (Å²) in [6, 6.07) is 17.6. The van der Waals surface area contributed by atoms with Gasteiger partial charge in [0.05, 0.1) is 48.3 Å². The van der Waals surface area contributed by atoms with Gasteiger partial charge in [-0.3, -0.25) is 0 Å². The highest BCUT2D eigenvalue weighted by Gasteiger charge is 2.36. The van der Waals surface area contributed by atoms with Gasteiger partial charge in [0.15, 0.2) is 29.3 Å². The van der Waals surface area contributed by atoms with E-state index >= 15 is 0 Å². The minimum Gasteiger partial charge on any atom is -0.493 e. The van der Waals surface area contributed by atoms with Crippen LogP contribution in [-0.4, -0.2) is 60.7 Å². The molecule has 3 aromatic carbocycles. The summed E-state index contributed by atoms with van der Waals surface area (Å²) in [4.78, 5) is 0. The highest BCUT2D eigenvalue weighted by Crippen LogP contribution is 2.44. The second kappa shape index (κ2) is 15.0. The first-order valence-electron chi connectivity index (χ1n) is 14.5. The van der Waals surface area contributed by atoms with Gasteiger partial charge in [-0.1, -0.05) is 42.5 Å². The van der Waals surface area contributed by atoms with E-state index < -0.39 is 0 Å². The minimum atomic E-state index is -0.326. The molecule has 2 aliphatic heterocycles. The number of hydrogen-bond donors (Lipinski definition) is 0. The van der Waals surface area contributed by atoms with Gasteiger partial charge in [-0.25, -0.2) is 0 Å². The van der Waals surface area contributed by atoms with Crippen LogP contribution in [0.3, 0.4) is 0 Å². The second-order valence-corrected chi connectivity index (χ2v) is 10.2. The lowest BCUT2D eigenvalue weighted by Gasteiger charge is -2.26. The lowest BCUT2D eigenvalue weighted by atomic mass is 10.0. The number of rotatable bonds is 15. The Balaban J connectivity index is 1.27. The lowest BCUT2D eigenvalue weighted by molar-refractivity contribution is -0.107. The Kier molecular flexibility index (Phi) is 10.7. The van der Waals surface area contributed by atoms with Crippen molar-refractivity contribution in [1.82, 2.24) is 0 Å². The number of benzene rings is 3. The zero-order chi connectivity index (χ0) is 30.0. The molecule has 230 valence electrons. The summed E-state index contributed by atoms with van der Waals surface area (Å²) in [5.74, 6) is 3.36. The first-order chi connectivity index (χ1) is 21.1. The van der Waals surface area contributed by atoms with E-state index in [-0.39, 0.29) is 18.5 Å². The molecule has 0 aliphatic carbocycles. The van der Waals surface area contributed by atoms with Crippen LogP contribution in [0, 0.1) is 0 Å². The lowest BCUT2D eigenvalue weighted by Crippen LogP contribution is -2.25. The molecule has 43 heavy (non-hydrogen) atoms. The van der Waals surface area contributed by atoms with E-state index in [2.05, 4.69) is 0 Å². The first kappa shape index (κ1) is 30.5. The molecule has 2 saturated heterocycles. The van der Waals surface area contributed by atoms with Crippen molar-refractivity contribution in [1.29, 1.82) is 0 Å². The van der Waals surface area contributed by atoms with E-state index in [0.29, 0.717) is 60.9 Å². The zero-order valence-electron chi connectivity index (χ0n) is 25.2. The summed E-state index contributed by atoms with van der Waals surface area (Å²) < 4.78 is 52.6.